The number of Topliss-reactive ketones (excluding diaryl/α,β-unsaturated/α-hetero) is 1. The van der Waals surface area contributed by atoms with Crippen LogP contribution in [0.4, 0.5) is 0 Å². The fraction of sp³-hybridized carbons (Fsp3) is 0.333. The highest BCUT2D eigenvalue weighted by Crippen LogP contribution is 2.20. The second kappa shape index (κ2) is 5.35. The first-order chi connectivity index (χ1) is 8.08. The highest BCUT2D eigenvalue weighted by molar-refractivity contribution is 14.1. The molecule has 0 bridgehead atoms. The van der Waals surface area contributed by atoms with Crippen molar-refractivity contribution in [3.05, 3.63) is 32.4 Å². The van der Waals surface area contributed by atoms with Gasteiger partial charge in [-0.25, -0.2) is 0 Å². The zero-order valence-corrected chi connectivity index (χ0v) is 12.0. The Kier molecular flexibility index (Phi) is 4.04. The Morgan fingerprint density at radius 2 is 2.18 bits per heavy atom. The average Bonchev–Trinajstić information content (AvgIpc) is 2.31. The number of benzene rings is 1. The molecule has 1 saturated heterocycles. The largest absolute Gasteiger partial charge is 0.331 e. The maximum absolute atomic E-state index is 12.2. The number of carbonyl (C=O) groups is 2. The lowest BCUT2D eigenvalue weighted by Gasteiger charge is -2.26. The highest BCUT2D eigenvalue weighted by atomic mass is 127. The molecule has 0 spiro atoms. The number of likely N-dealkylation sites (tertiary alicyclic amines) is 1. The van der Waals surface area contributed by atoms with Crippen molar-refractivity contribution in [1.82, 2.24) is 4.90 Å². The Morgan fingerprint density at radius 1 is 1.41 bits per heavy atom. The summed E-state index contributed by atoms with van der Waals surface area (Å²) in [5, 5.41) is 0.539. The summed E-state index contributed by atoms with van der Waals surface area (Å²) >= 11 is 7.99. The van der Waals surface area contributed by atoms with Gasteiger partial charge in [-0.2, -0.15) is 0 Å². The predicted octanol–water partition coefficient (Wildman–Crippen LogP) is 2.75. The molecule has 1 aliphatic heterocycles. The molecule has 2 rings (SSSR count). The van der Waals surface area contributed by atoms with Crippen LogP contribution in [0.2, 0.25) is 5.02 Å². The van der Waals surface area contributed by atoms with Crippen LogP contribution in [0.3, 0.4) is 0 Å². The van der Waals surface area contributed by atoms with Crippen molar-refractivity contribution in [1.29, 1.82) is 0 Å². The molecule has 0 radical (unpaired) electrons. The molecule has 3 nitrogen and oxygen atoms in total. The van der Waals surface area contributed by atoms with E-state index >= 15 is 0 Å². The first-order valence-corrected chi connectivity index (χ1v) is 6.79. The fourth-order valence-corrected chi connectivity index (χ4v) is 2.58. The van der Waals surface area contributed by atoms with Crippen LogP contribution >= 0.6 is 34.2 Å². The zero-order chi connectivity index (χ0) is 12.4. The molecule has 1 aromatic rings. The lowest BCUT2D eigenvalue weighted by atomic mass is 10.1. The quantitative estimate of drug-likeness (QED) is 0.720. The van der Waals surface area contributed by atoms with Crippen molar-refractivity contribution in [2.45, 2.75) is 12.8 Å². The van der Waals surface area contributed by atoms with Gasteiger partial charge < -0.3 is 4.90 Å². The van der Waals surface area contributed by atoms with Gasteiger partial charge in [0.2, 0.25) is 0 Å². The SMILES string of the molecule is O=C1CCCN(C(=O)c2cc(Cl)ccc2I)C1. The third-order valence-electron chi connectivity index (χ3n) is 2.70. The maximum Gasteiger partial charge on any atom is 0.255 e. The van der Waals surface area contributed by atoms with E-state index in [4.69, 9.17) is 11.6 Å². The van der Waals surface area contributed by atoms with Crippen LogP contribution in [0.1, 0.15) is 23.2 Å². The van der Waals surface area contributed by atoms with E-state index in [1.54, 1.807) is 17.0 Å². The number of hydrogen-bond donors (Lipinski definition) is 0. The second-order valence-electron chi connectivity index (χ2n) is 3.99. The molecule has 0 aliphatic carbocycles. The van der Waals surface area contributed by atoms with Crippen molar-refractivity contribution in [3.63, 3.8) is 0 Å². The van der Waals surface area contributed by atoms with Crippen LogP contribution in [-0.4, -0.2) is 29.7 Å². The molecule has 5 heteroatoms. The van der Waals surface area contributed by atoms with Gasteiger partial charge in [-0.3, -0.25) is 9.59 Å². The van der Waals surface area contributed by atoms with Gasteiger partial charge in [-0.15, -0.1) is 0 Å². The van der Waals surface area contributed by atoms with Gasteiger partial charge in [0.25, 0.3) is 5.91 Å². The molecule has 90 valence electrons. The van der Waals surface area contributed by atoms with E-state index in [0.717, 1.165) is 9.99 Å². The second-order valence-corrected chi connectivity index (χ2v) is 5.59. The smallest absolute Gasteiger partial charge is 0.255 e. The Morgan fingerprint density at radius 3 is 2.88 bits per heavy atom. The van der Waals surface area contributed by atoms with Crippen LogP contribution in [0.5, 0.6) is 0 Å². The van der Waals surface area contributed by atoms with Gasteiger partial charge in [0.1, 0.15) is 0 Å². The van der Waals surface area contributed by atoms with E-state index in [9.17, 15) is 9.59 Å². The third-order valence-corrected chi connectivity index (χ3v) is 3.87. The number of halogens is 2. The molecule has 0 unspecified atom stereocenters. The molecular weight excluding hydrogens is 352 g/mol. The minimum atomic E-state index is -0.107. The summed E-state index contributed by atoms with van der Waals surface area (Å²) < 4.78 is 0.857. The van der Waals surface area contributed by atoms with E-state index in [2.05, 4.69) is 22.6 Å². The summed E-state index contributed by atoms with van der Waals surface area (Å²) in [4.78, 5) is 25.2. The number of rotatable bonds is 1. The van der Waals surface area contributed by atoms with Gasteiger partial charge >= 0.3 is 0 Å². The van der Waals surface area contributed by atoms with Crippen LogP contribution in [0.25, 0.3) is 0 Å². The van der Waals surface area contributed by atoms with Gasteiger partial charge in [0.05, 0.1) is 12.1 Å². The Balaban J connectivity index is 2.24. The lowest BCUT2D eigenvalue weighted by molar-refractivity contribution is -0.121. The summed E-state index contributed by atoms with van der Waals surface area (Å²) in [5.41, 5.74) is 0.577. The monoisotopic (exact) mass is 363 g/mol. The van der Waals surface area contributed by atoms with Crippen LogP contribution in [0, 0.1) is 3.57 Å². The molecule has 0 saturated carbocycles. The first-order valence-electron chi connectivity index (χ1n) is 5.34. The third kappa shape index (κ3) is 2.98. The predicted molar refractivity (Wildman–Crippen MR) is 74.3 cm³/mol. The fourth-order valence-electron chi connectivity index (χ4n) is 1.84. The summed E-state index contributed by atoms with van der Waals surface area (Å²) in [7, 11) is 0. The molecule has 1 aromatic carbocycles. The minimum absolute atomic E-state index is 0.107. The van der Waals surface area contributed by atoms with Gasteiger partial charge in [-0.05, 0) is 47.2 Å². The molecule has 1 heterocycles. The minimum Gasteiger partial charge on any atom is -0.331 e. The first kappa shape index (κ1) is 12.8. The molecule has 0 aromatic heterocycles. The maximum atomic E-state index is 12.2. The van der Waals surface area contributed by atoms with Gasteiger partial charge in [0, 0.05) is 21.6 Å². The molecule has 0 N–H and O–H groups in total. The zero-order valence-electron chi connectivity index (χ0n) is 9.08. The molecule has 1 aliphatic rings. The van der Waals surface area contributed by atoms with Crippen molar-refractivity contribution in [2.75, 3.05) is 13.1 Å². The molecule has 1 fully saturated rings. The van der Waals surface area contributed by atoms with E-state index in [-0.39, 0.29) is 18.2 Å². The standard InChI is InChI=1S/C12H11ClINO2/c13-8-3-4-11(14)10(6-8)12(17)15-5-1-2-9(16)7-15/h3-4,6H,1-2,5,7H2. The number of hydrogen-bond acceptors (Lipinski definition) is 2. The van der Waals surface area contributed by atoms with Crippen LogP contribution < -0.4 is 0 Å². The Bertz CT molecular complexity index is 476. The van der Waals surface area contributed by atoms with Crippen molar-refractivity contribution in [2.24, 2.45) is 0 Å². The summed E-state index contributed by atoms with van der Waals surface area (Å²) in [6.45, 7) is 0.870. The van der Waals surface area contributed by atoms with E-state index in [1.165, 1.54) is 0 Å². The van der Waals surface area contributed by atoms with E-state index in [0.29, 0.717) is 23.6 Å². The number of piperidine rings is 1. The highest BCUT2D eigenvalue weighted by Gasteiger charge is 2.23. The molecular formula is C12H11ClINO2. The molecule has 0 atom stereocenters. The van der Waals surface area contributed by atoms with Crippen molar-refractivity contribution < 1.29 is 9.59 Å². The number of ketones is 1. The Hall–Kier alpha value is -0.620. The van der Waals surface area contributed by atoms with Crippen LogP contribution in [-0.2, 0) is 4.79 Å². The van der Waals surface area contributed by atoms with Gasteiger partial charge in [-0.1, -0.05) is 11.6 Å². The van der Waals surface area contributed by atoms with E-state index < -0.39 is 0 Å². The summed E-state index contributed by atoms with van der Waals surface area (Å²) in [6, 6.07) is 5.22. The van der Waals surface area contributed by atoms with Gasteiger partial charge in [0.15, 0.2) is 5.78 Å². The van der Waals surface area contributed by atoms with Crippen LogP contribution in [0.15, 0.2) is 18.2 Å². The lowest BCUT2D eigenvalue weighted by Crippen LogP contribution is -2.40. The summed E-state index contributed by atoms with van der Waals surface area (Å²) in [5.74, 6) is 0.0200. The molecule has 1 amide bonds. The number of nitrogens with zero attached hydrogens (tertiary/aromatic N) is 1. The van der Waals surface area contributed by atoms with E-state index in [1.807, 2.05) is 6.07 Å². The number of amides is 1. The normalized spacial score (nSPS) is 16.1. The number of carbonyl (C=O) groups excluding carboxylic acids is 2. The molecule has 17 heavy (non-hydrogen) atoms. The average molecular weight is 364 g/mol. The van der Waals surface area contributed by atoms with Crippen molar-refractivity contribution >= 4 is 45.9 Å². The van der Waals surface area contributed by atoms with Crippen molar-refractivity contribution in [3.8, 4) is 0 Å². The summed E-state index contributed by atoms with van der Waals surface area (Å²) in [6.07, 6.45) is 1.33. The Labute approximate surface area is 118 Å². The topological polar surface area (TPSA) is 37.4 Å².